The number of piperidine rings is 2. The van der Waals surface area contributed by atoms with E-state index in [0.29, 0.717) is 45.2 Å². The molecule has 0 bridgehead atoms. The van der Waals surface area contributed by atoms with E-state index in [0.717, 1.165) is 51.7 Å². The zero-order valence-corrected chi connectivity index (χ0v) is 31.0. The third-order valence-electron chi connectivity index (χ3n) is 10.5. The fraction of sp³-hybridized carbons (Fsp3) is 0.925. The van der Waals surface area contributed by atoms with E-state index in [1.807, 2.05) is 4.90 Å². The minimum atomic E-state index is -0.410. The van der Waals surface area contributed by atoms with Gasteiger partial charge in [-0.15, -0.1) is 0 Å². The SMILES string of the molecule is CCCCCCCCCCCC(=O)OCC1(COC(=O)CCCCCCCCCCC)CCN(C(=O)CCCN2CCCCC2)CC1. The molecule has 47 heavy (non-hydrogen) atoms. The van der Waals surface area contributed by atoms with Crippen molar-refractivity contribution in [2.45, 2.75) is 187 Å². The second kappa shape index (κ2) is 27.2. The molecule has 0 atom stereocenters. The van der Waals surface area contributed by atoms with Crippen LogP contribution in [0.3, 0.4) is 0 Å². The van der Waals surface area contributed by atoms with E-state index in [1.165, 1.54) is 109 Å². The summed E-state index contributed by atoms with van der Waals surface area (Å²) in [6.07, 6.45) is 29.5. The van der Waals surface area contributed by atoms with Gasteiger partial charge in [0, 0.05) is 37.8 Å². The number of esters is 2. The van der Waals surface area contributed by atoms with Gasteiger partial charge in [0.1, 0.15) is 13.2 Å². The van der Waals surface area contributed by atoms with Crippen LogP contribution in [0.2, 0.25) is 0 Å². The molecule has 0 spiro atoms. The molecule has 0 N–H and O–H groups in total. The lowest BCUT2D eigenvalue weighted by atomic mass is 9.79. The molecule has 7 heteroatoms. The summed E-state index contributed by atoms with van der Waals surface area (Å²) >= 11 is 0. The van der Waals surface area contributed by atoms with Gasteiger partial charge >= 0.3 is 11.9 Å². The Balaban J connectivity index is 1.73. The molecule has 0 unspecified atom stereocenters. The van der Waals surface area contributed by atoms with E-state index < -0.39 is 5.41 Å². The second-order valence-electron chi connectivity index (χ2n) is 14.9. The first-order chi connectivity index (χ1) is 23.0. The zero-order chi connectivity index (χ0) is 33.8. The third-order valence-corrected chi connectivity index (χ3v) is 10.5. The Kier molecular flexibility index (Phi) is 24.1. The summed E-state index contributed by atoms with van der Waals surface area (Å²) in [7, 11) is 0. The predicted octanol–water partition coefficient (Wildman–Crippen LogP) is 9.79. The van der Waals surface area contributed by atoms with Crippen molar-refractivity contribution in [1.82, 2.24) is 9.80 Å². The number of amides is 1. The Morgan fingerprint density at radius 1 is 0.511 bits per heavy atom. The van der Waals surface area contributed by atoms with Crippen molar-refractivity contribution < 1.29 is 23.9 Å². The Morgan fingerprint density at radius 2 is 0.936 bits per heavy atom. The summed E-state index contributed by atoms with van der Waals surface area (Å²) in [4.78, 5) is 42.9. The molecule has 274 valence electrons. The molecule has 2 aliphatic heterocycles. The lowest BCUT2D eigenvalue weighted by molar-refractivity contribution is -0.158. The number of unbranched alkanes of at least 4 members (excludes halogenated alkanes) is 16. The smallest absolute Gasteiger partial charge is 0.305 e. The van der Waals surface area contributed by atoms with E-state index in [2.05, 4.69) is 18.7 Å². The van der Waals surface area contributed by atoms with Crippen molar-refractivity contribution in [3.63, 3.8) is 0 Å². The average Bonchev–Trinajstić information content (AvgIpc) is 3.09. The lowest BCUT2D eigenvalue weighted by Crippen LogP contribution is -2.47. The molecule has 0 aromatic rings. The maximum absolute atomic E-state index is 13.0. The molecule has 2 saturated heterocycles. The molecule has 2 aliphatic rings. The van der Waals surface area contributed by atoms with Crippen molar-refractivity contribution in [1.29, 1.82) is 0 Å². The molecule has 7 nitrogen and oxygen atoms in total. The minimum Gasteiger partial charge on any atom is -0.465 e. The number of rotatable bonds is 28. The van der Waals surface area contributed by atoms with Crippen LogP contribution in [0.1, 0.15) is 187 Å². The van der Waals surface area contributed by atoms with E-state index in [9.17, 15) is 14.4 Å². The minimum absolute atomic E-state index is 0.149. The van der Waals surface area contributed by atoms with E-state index in [-0.39, 0.29) is 31.1 Å². The third kappa shape index (κ3) is 20.5. The summed E-state index contributed by atoms with van der Waals surface area (Å²) in [5, 5.41) is 0. The van der Waals surface area contributed by atoms with Crippen LogP contribution in [0.4, 0.5) is 0 Å². The quantitative estimate of drug-likeness (QED) is 0.0613. The van der Waals surface area contributed by atoms with Crippen molar-refractivity contribution in [3.05, 3.63) is 0 Å². The highest BCUT2D eigenvalue weighted by Crippen LogP contribution is 2.33. The van der Waals surface area contributed by atoms with Gasteiger partial charge in [-0.1, -0.05) is 123 Å². The van der Waals surface area contributed by atoms with E-state index in [1.54, 1.807) is 0 Å². The molecule has 0 saturated carbocycles. The van der Waals surface area contributed by atoms with Gasteiger partial charge in [0.15, 0.2) is 0 Å². The van der Waals surface area contributed by atoms with Gasteiger partial charge < -0.3 is 19.3 Å². The highest BCUT2D eigenvalue weighted by atomic mass is 16.5. The monoisotopic (exact) mass is 663 g/mol. The molecule has 2 heterocycles. The van der Waals surface area contributed by atoms with Crippen LogP contribution in [0.5, 0.6) is 0 Å². The van der Waals surface area contributed by atoms with Crippen molar-refractivity contribution >= 4 is 17.8 Å². The number of carbonyl (C=O) groups excluding carboxylic acids is 3. The molecular formula is C40H74N2O5. The summed E-state index contributed by atoms with van der Waals surface area (Å²) in [5.41, 5.74) is -0.410. The summed E-state index contributed by atoms with van der Waals surface area (Å²) in [6.45, 7) is 9.63. The molecule has 0 aliphatic carbocycles. The van der Waals surface area contributed by atoms with Crippen LogP contribution in [-0.2, 0) is 23.9 Å². The predicted molar refractivity (Wildman–Crippen MR) is 193 cm³/mol. The van der Waals surface area contributed by atoms with E-state index >= 15 is 0 Å². The molecule has 0 radical (unpaired) electrons. The van der Waals surface area contributed by atoms with Gasteiger partial charge in [0.05, 0.1) is 0 Å². The zero-order valence-electron chi connectivity index (χ0n) is 31.0. The topological polar surface area (TPSA) is 76.1 Å². The first-order valence-electron chi connectivity index (χ1n) is 20.3. The van der Waals surface area contributed by atoms with Crippen molar-refractivity contribution in [2.75, 3.05) is 45.9 Å². The van der Waals surface area contributed by atoms with Gasteiger partial charge in [0.2, 0.25) is 5.91 Å². The van der Waals surface area contributed by atoms with Crippen LogP contribution in [0, 0.1) is 5.41 Å². The van der Waals surface area contributed by atoms with Crippen LogP contribution < -0.4 is 0 Å². The van der Waals surface area contributed by atoms with Gasteiger partial charge in [-0.05, 0) is 64.6 Å². The van der Waals surface area contributed by atoms with Gasteiger partial charge in [-0.25, -0.2) is 0 Å². The molecule has 1 amide bonds. The Hall–Kier alpha value is -1.63. The van der Waals surface area contributed by atoms with Crippen LogP contribution in [-0.4, -0.2) is 73.6 Å². The van der Waals surface area contributed by atoms with Crippen LogP contribution >= 0.6 is 0 Å². The first kappa shape index (κ1) is 41.5. The number of ether oxygens (including phenoxy) is 2. The number of hydrogen-bond acceptors (Lipinski definition) is 6. The maximum Gasteiger partial charge on any atom is 0.305 e. The maximum atomic E-state index is 13.0. The number of likely N-dealkylation sites (tertiary alicyclic amines) is 2. The first-order valence-corrected chi connectivity index (χ1v) is 20.3. The number of hydrogen-bond donors (Lipinski definition) is 0. The van der Waals surface area contributed by atoms with Gasteiger partial charge in [-0.3, -0.25) is 14.4 Å². The fourth-order valence-corrected chi connectivity index (χ4v) is 7.13. The number of nitrogens with zero attached hydrogens (tertiary/aromatic N) is 2. The second-order valence-corrected chi connectivity index (χ2v) is 14.9. The van der Waals surface area contributed by atoms with E-state index in [4.69, 9.17) is 9.47 Å². The Bertz CT molecular complexity index is 764. The lowest BCUT2D eigenvalue weighted by Gasteiger charge is -2.41. The van der Waals surface area contributed by atoms with Gasteiger partial charge in [-0.2, -0.15) is 0 Å². The molecule has 0 aromatic heterocycles. The molecular weight excluding hydrogens is 588 g/mol. The standard InChI is InChI=1S/C40H74N2O5/c1-3-5-7-9-11-13-15-17-20-26-38(44)46-35-40(36-47-39(45)27-21-18-16-14-12-10-8-6-4-2)28-33-42(34-29-40)37(43)25-24-32-41-30-22-19-23-31-41/h3-36H2,1-2H3. The van der Waals surface area contributed by atoms with Crippen LogP contribution in [0.25, 0.3) is 0 Å². The van der Waals surface area contributed by atoms with Crippen LogP contribution in [0.15, 0.2) is 0 Å². The summed E-state index contributed by atoms with van der Waals surface area (Å²) in [5.74, 6) is -0.0746. The van der Waals surface area contributed by atoms with Crippen molar-refractivity contribution in [3.8, 4) is 0 Å². The molecule has 2 fully saturated rings. The summed E-state index contributed by atoms with van der Waals surface area (Å²) < 4.78 is 11.7. The highest BCUT2D eigenvalue weighted by molar-refractivity contribution is 5.76. The Labute approximate surface area is 289 Å². The summed E-state index contributed by atoms with van der Waals surface area (Å²) in [6, 6.07) is 0. The van der Waals surface area contributed by atoms with Gasteiger partial charge in [0.25, 0.3) is 0 Å². The molecule has 2 rings (SSSR count). The highest BCUT2D eigenvalue weighted by Gasteiger charge is 2.38. The Morgan fingerprint density at radius 3 is 1.38 bits per heavy atom. The number of carbonyl (C=O) groups is 3. The molecule has 0 aromatic carbocycles. The van der Waals surface area contributed by atoms with Crippen molar-refractivity contribution in [2.24, 2.45) is 5.41 Å². The average molecular weight is 663 g/mol. The fourth-order valence-electron chi connectivity index (χ4n) is 7.13. The normalized spacial score (nSPS) is 16.7. The largest absolute Gasteiger partial charge is 0.465 e.